The molecule has 0 spiro atoms. The van der Waals surface area contributed by atoms with E-state index in [1.165, 1.54) is 0 Å². The molecule has 82 valence electrons. The van der Waals surface area contributed by atoms with Crippen LogP contribution in [0.2, 0.25) is 0 Å². The Morgan fingerprint density at radius 3 is 2.73 bits per heavy atom. The van der Waals surface area contributed by atoms with Gasteiger partial charge >= 0.3 is 0 Å². The molecule has 1 heterocycles. The van der Waals surface area contributed by atoms with Gasteiger partial charge in [-0.15, -0.1) is 0 Å². The van der Waals surface area contributed by atoms with E-state index in [1.807, 2.05) is 12.1 Å². The van der Waals surface area contributed by atoms with Gasteiger partial charge in [0, 0.05) is 5.56 Å². The maximum atomic E-state index is 9.63. The molecule has 1 fully saturated rings. The molecule has 1 aromatic carbocycles. The first-order chi connectivity index (χ1) is 7.31. The summed E-state index contributed by atoms with van der Waals surface area (Å²) in [6, 6.07) is 5.53. The van der Waals surface area contributed by atoms with Crippen LogP contribution in [0.4, 0.5) is 0 Å². The highest BCUT2D eigenvalue weighted by atomic mass is 16.7. The highest BCUT2D eigenvalue weighted by Gasteiger charge is 2.18. The lowest BCUT2D eigenvalue weighted by Gasteiger charge is -2.11. The summed E-state index contributed by atoms with van der Waals surface area (Å²) in [5, 5.41) is 9.63. The van der Waals surface area contributed by atoms with Crippen molar-refractivity contribution < 1.29 is 14.6 Å². The Kier molecular flexibility index (Phi) is 3.23. The van der Waals surface area contributed by atoms with Crippen LogP contribution in [0.15, 0.2) is 18.2 Å². The molecule has 1 N–H and O–H groups in total. The second kappa shape index (κ2) is 4.64. The van der Waals surface area contributed by atoms with E-state index >= 15 is 0 Å². The van der Waals surface area contributed by atoms with Crippen LogP contribution >= 0.6 is 0 Å². The number of aromatic hydroxyl groups is 1. The van der Waals surface area contributed by atoms with Crippen LogP contribution in [-0.2, 0) is 15.9 Å². The maximum Gasteiger partial charge on any atom is 0.184 e. The molecule has 0 saturated carbocycles. The van der Waals surface area contributed by atoms with Crippen LogP contribution in [0.1, 0.15) is 30.8 Å². The largest absolute Gasteiger partial charge is 0.508 e. The van der Waals surface area contributed by atoms with Crippen LogP contribution in [-0.4, -0.2) is 18.3 Å². The summed E-state index contributed by atoms with van der Waals surface area (Å²) in [7, 11) is 0. The van der Waals surface area contributed by atoms with E-state index in [2.05, 4.69) is 6.92 Å². The molecule has 0 unspecified atom stereocenters. The summed E-state index contributed by atoms with van der Waals surface area (Å²) in [6.07, 6.45) is 1.65. The van der Waals surface area contributed by atoms with Crippen LogP contribution < -0.4 is 0 Å². The smallest absolute Gasteiger partial charge is 0.184 e. The number of hydrogen-bond donors (Lipinski definition) is 1. The van der Waals surface area contributed by atoms with Gasteiger partial charge in [-0.3, -0.25) is 0 Å². The van der Waals surface area contributed by atoms with Gasteiger partial charge in [-0.25, -0.2) is 0 Å². The molecule has 1 aromatic rings. The predicted molar refractivity (Wildman–Crippen MR) is 56.7 cm³/mol. The Morgan fingerprint density at radius 1 is 1.33 bits per heavy atom. The van der Waals surface area contributed by atoms with Crippen molar-refractivity contribution in [1.82, 2.24) is 0 Å². The van der Waals surface area contributed by atoms with Crippen molar-refractivity contribution in [3.63, 3.8) is 0 Å². The van der Waals surface area contributed by atoms with Crippen molar-refractivity contribution in [2.75, 3.05) is 13.2 Å². The summed E-state index contributed by atoms with van der Waals surface area (Å²) in [6.45, 7) is 3.39. The van der Waals surface area contributed by atoms with Gasteiger partial charge in [-0.1, -0.05) is 19.4 Å². The predicted octanol–water partition coefficient (Wildman–Crippen LogP) is 2.39. The first-order valence-corrected chi connectivity index (χ1v) is 5.36. The maximum absolute atomic E-state index is 9.63. The fourth-order valence-electron chi connectivity index (χ4n) is 1.77. The van der Waals surface area contributed by atoms with Crippen molar-refractivity contribution in [1.29, 1.82) is 0 Å². The molecule has 0 aliphatic carbocycles. The highest BCUT2D eigenvalue weighted by Crippen LogP contribution is 2.28. The number of phenols is 1. The van der Waals surface area contributed by atoms with Crippen LogP contribution in [0, 0.1) is 0 Å². The molecular formula is C12H16O3. The topological polar surface area (TPSA) is 38.7 Å². The lowest BCUT2D eigenvalue weighted by Crippen LogP contribution is -1.99. The van der Waals surface area contributed by atoms with E-state index in [0.717, 1.165) is 24.0 Å². The Labute approximate surface area is 89.6 Å². The molecule has 0 atom stereocenters. The molecule has 3 heteroatoms. The van der Waals surface area contributed by atoms with Crippen molar-refractivity contribution in [3.05, 3.63) is 29.3 Å². The third-order valence-electron chi connectivity index (χ3n) is 2.52. The summed E-state index contributed by atoms with van der Waals surface area (Å²) in [5.41, 5.74) is 1.96. The number of ether oxygens (including phenoxy) is 2. The van der Waals surface area contributed by atoms with Crippen molar-refractivity contribution in [2.24, 2.45) is 0 Å². The standard InChI is InChI=1S/C12H16O3/c1-2-3-9-8-10(4-5-11(9)13)12-14-6-7-15-12/h4-5,8,12-13H,2-3,6-7H2,1H3. The fraction of sp³-hybridized carbons (Fsp3) is 0.500. The van der Waals surface area contributed by atoms with Crippen LogP contribution in [0.5, 0.6) is 5.75 Å². The van der Waals surface area contributed by atoms with Crippen LogP contribution in [0.25, 0.3) is 0 Å². The molecule has 0 bridgehead atoms. The Bertz CT molecular complexity index is 330. The minimum absolute atomic E-state index is 0.249. The number of phenolic OH excluding ortho intramolecular Hbond substituents is 1. The molecular weight excluding hydrogens is 192 g/mol. The Hall–Kier alpha value is -1.06. The van der Waals surface area contributed by atoms with Gasteiger partial charge in [0.25, 0.3) is 0 Å². The van der Waals surface area contributed by atoms with Gasteiger partial charge in [0.05, 0.1) is 13.2 Å². The van der Waals surface area contributed by atoms with Gasteiger partial charge in [-0.05, 0) is 24.1 Å². The van der Waals surface area contributed by atoms with E-state index in [4.69, 9.17) is 9.47 Å². The summed E-state index contributed by atoms with van der Waals surface area (Å²) in [4.78, 5) is 0. The molecule has 0 amide bonds. The van der Waals surface area contributed by atoms with Gasteiger partial charge in [0.2, 0.25) is 0 Å². The summed E-state index contributed by atoms with van der Waals surface area (Å²) >= 11 is 0. The first kappa shape index (κ1) is 10.5. The highest BCUT2D eigenvalue weighted by molar-refractivity contribution is 5.36. The molecule has 1 aliphatic rings. The second-order valence-electron chi connectivity index (χ2n) is 3.71. The fourth-order valence-corrected chi connectivity index (χ4v) is 1.77. The van der Waals surface area contributed by atoms with Gasteiger partial charge < -0.3 is 14.6 Å². The monoisotopic (exact) mass is 208 g/mol. The van der Waals surface area contributed by atoms with E-state index in [9.17, 15) is 5.11 Å². The second-order valence-corrected chi connectivity index (χ2v) is 3.71. The lowest BCUT2D eigenvalue weighted by atomic mass is 10.1. The molecule has 3 nitrogen and oxygen atoms in total. The van der Waals surface area contributed by atoms with E-state index < -0.39 is 0 Å². The molecule has 15 heavy (non-hydrogen) atoms. The number of hydrogen-bond acceptors (Lipinski definition) is 3. The van der Waals surface area contributed by atoms with Gasteiger partial charge in [0.1, 0.15) is 5.75 Å². The summed E-state index contributed by atoms with van der Waals surface area (Å²) in [5.74, 6) is 0.360. The zero-order valence-electron chi connectivity index (χ0n) is 8.90. The third-order valence-corrected chi connectivity index (χ3v) is 2.52. The molecule has 0 radical (unpaired) electrons. The van der Waals surface area contributed by atoms with Crippen molar-refractivity contribution >= 4 is 0 Å². The number of rotatable bonds is 3. The van der Waals surface area contributed by atoms with Crippen LogP contribution in [0.3, 0.4) is 0 Å². The Morgan fingerprint density at radius 2 is 2.07 bits per heavy atom. The number of benzene rings is 1. The van der Waals surface area contributed by atoms with Gasteiger partial charge in [0.15, 0.2) is 6.29 Å². The average molecular weight is 208 g/mol. The number of aryl methyl sites for hydroxylation is 1. The molecule has 1 aliphatic heterocycles. The van der Waals surface area contributed by atoms with Crippen molar-refractivity contribution in [2.45, 2.75) is 26.1 Å². The van der Waals surface area contributed by atoms with E-state index in [0.29, 0.717) is 19.0 Å². The minimum Gasteiger partial charge on any atom is -0.508 e. The SMILES string of the molecule is CCCc1cc(C2OCCO2)ccc1O. The van der Waals surface area contributed by atoms with E-state index in [1.54, 1.807) is 6.07 Å². The van der Waals surface area contributed by atoms with E-state index in [-0.39, 0.29) is 6.29 Å². The Balaban J connectivity index is 2.21. The van der Waals surface area contributed by atoms with Gasteiger partial charge in [-0.2, -0.15) is 0 Å². The quantitative estimate of drug-likeness (QED) is 0.828. The average Bonchev–Trinajstić information content (AvgIpc) is 2.75. The normalized spacial score (nSPS) is 17.1. The zero-order valence-corrected chi connectivity index (χ0v) is 8.90. The first-order valence-electron chi connectivity index (χ1n) is 5.36. The molecule has 0 aromatic heterocycles. The molecule has 2 rings (SSSR count). The lowest BCUT2D eigenvalue weighted by molar-refractivity contribution is -0.0441. The minimum atomic E-state index is -0.249. The van der Waals surface area contributed by atoms with Crippen molar-refractivity contribution in [3.8, 4) is 5.75 Å². The third kappa shape index (κ3) is 2.30. The molecule has 1 saturated heterocycles. The zero-order chi connectivity index (χ0) is 10.7. The summed E-state index contributed by atoms with van der Waals surface area (Å²) < 4.78 is 10.8.